The van der Waals surface area contributed by atoms with Gasteiger partial charge in [0.1, 0.15) is 42.2 Å². The first-order valence-electron chi connectivity index (χ1n) is 28.2. The lowest BCUT2D eigenvalue weighted by atomic mass is 9.32. The van der Waals surface area contributed by atoms with Crippen molar-refractivity contribution in [1.82, 2.24) is 9.80 Å². The largest absolute Gasteiger partial charge is 0.486 e. The molecule has 4 aliphatic heterocycles. The van der Waals surface area contributed by atoms with Gasteiger partial charge in [0.15, 0.2) is 23.0 Å². The lowest BCUT2D eigenvalue weighted by molar-refractivity contribution is -0.376. The highest BCUT2D eigenvalue weighted by Crippen LogP contribution is 2.81. The number of fused-ring (bicyclic) bond motifs is 4. The molecule has 2 aromatic rings. The van der Waals surface area contributed by atoms with Crippen LogP contribution < -0.4 is 18.9 Å². The summed E-state index contributed by atoms with van der Waals surface area (Å²) in [5.74, 6) is 4.62. The number of benzene rings is 2. The molecular weight excluding hydrogens is 893 g/mol. The molecule has 0 radical (unpaired) electrons. The van der Waals surface area contributed by atoms with Crippen LogP contribution in [0.5, 0.6) is 23.0 Å². The number of rotatable bonds is 13. The molecule has 71 heavy (non-hydrogen) atoms. The van der Waals surface area contributed by atoms with Crippen molar-refractivity contribution >= 4 is 0 Å². The number of ether oxygens (including phenoxy) is 6. The van der Waals surface area contributed by atoms with Crippen LogP contribution in [-0.4, -0.2) is 131 Å². The van der Waals surface area contributed by atoms with Gasteiger partial charge in [0.2, 0.25) is 0 Å². The normalized spacial score (nSPS) is 43.8. The average Bonchev–Trinajstić information content (AvgIpc) is 4.26. The van der Waals surface area contributed by atoms with Crippen molar-refractivity contribution in [2.75, 3.05) is 53.6 Å². The van der Waals surface area contributed by atoms with E-state index in [1.165, 1.54) is 54.5 Å². The Bertz CT molecular complexity index is 2580. The summed E-state index contributed by atoms with van der Waals surface area (Å²) >= 11 is 0. The molecule has 10 fully saturated rings. The molecule has 4 spiro atoms. The molecule has 8 bridgehead atoms. The summed E-state index contributed by atoms with van der Waals surface area (Å²) in [4.78, 5) is 5.64. The Kier molecular flexibility index (Phi) is 9.39. The van der Waals surface area contributed by atoms with E-state index in [-0.39, 0.29) is 45.1 Å². The molecule has 4 heterocycles. The third-order valence-corrected chi connectivity index (χ3v) is 24.4. The maximum Gasteiger partial charge on any atom is 0.166 e. The van der Waals surface area contributed by atoms with Gasteiger partial charge in [-0.3, -0.25) is 9.80 Å². The summed E-state index contributed by atoms with van der Waals surface area (Å²) in [5, 5.41) is 39.1. The topological polar surface area (TPSA) is 123 Å². The van der Waals surface area contributed by atoms with Crippen LogP contribution in [0.15, 0.2) is 24.3 Å². The molecule has 14 atom stereocenters. The molecule has 8 saturated carbocycles. The van der Waals surface area contributed by atoms with Gasteiger partial charge in [-0.05, 0) is 163 Å². The van der Waals surface area contributed by atoms with Crippen LogP contribution in [0.4, 0.5) is 0 Å². The van der Waals surface area contributed by atoms with Crippen LogP contribution in [0, 0.1) is 39.4 Å². The van der Waals surface area contributed by atoms with Crippen LogP contribution in [-0.2, 0) is 33.1 Å². The number of hydrogen-bond donors (Lipinski definition) is 3. The van der Waals surface area contributed by atoms with E-state index in [2.05, 4.69) is 61.8 Å². The maximum atomic E-state index is 13.6. The molecule has 0 unspecified atom stereocenters. The maximum absolute atomic E-state index is 13.6. The molecule has 3 N–H and O–H groups in total. The highest BCUT2D eigenvalue weighted by atomic mass is 16.6. The van der Waals surface area contributed by atoms with Crippen LogP contribution in [0.2, 0.25) is 0 Å². The van der Waals surface area contributed by atoms with E-state index in [4.69, 9.17) is 28.4 Å². The quantitative estimate of drug-likeness (QED) is 0.168. The van der Waals surface area contributed by atoms with Crippen LogP contribution >= 0.6 is 0 Å². The molecule has 0 aromatic heterocycles. The molecule has 0 amide bonds. The van der Waals surface area contributed by atoms with E-state index in [1.54, 1.807) is 7.11 Å². The third kappa shape index (κ3) is 5.28. The van der Waals surface area contributed by atoms with Gasteiger partial charge >= 0.3 is 0 Å². The fraction of sp³-hybridized carbons (Fsp3) is 0.800. The van der Waals surface area contributed by atoms with E-state index >= 15 is 0 Å². The van der Waals surface area contributed by atoms with Gasteiger partial charge in [0.25, 0.3) is 0 Å². The van der Waals surface area contributed by atoms with Gasteiger partial charge < -0.3 is 43.7 Å². The lowest BCUT2D eigenvalue weighted by Crippen LogP contribution is -2.89. The summed E-state index contributed by atoms with van der Waals surface area (Å²) in [6, 6.07) is 9.53. The van der Waals surface area contributed by atoms with E-state index < -0.39 is 39.5 Å². The smallest absolute Gasteiger partial charge is 0.166 e. The number of piperidine rings is 2. The minimum atomic E-state index is -1.56. The fourth-order valence-electron chi connectivity index (χ4n) is 19.8. The second-order valence-corrected chi connectivity index (χ2v) is 28.4. The van der Waals surface area contributed by atoms with E-state index in [0.29, 0.717) is 37.8 Å². The Hall–Kier alpha value is -2.64. The molecular formula is C60H84N2O9. The lowest BCUT2D eigenvalue weighted by Gasteiger charge is -2.77. The van der Waals surface area contributed by atoms with Gasteiger partial charge in [-0.1, -0.05) is 53.7 Å². The summed E-state index contributed by atoms with van der Waals surface area (Å²) in [6.45, 7) is 21.5. The Labute approximate surface area is 423 Å². The second kappa shape index (κ2) is 14.2. The van der Waals surface area contributed by atoms with Crippen molar-refractivity contribution in [1.29, 1.82) is 0 Å². The molecule has 10 aliphatic carbocycles. The standard InChI is InChI=1S/C60H84N2O9/c1-50(2,3)52(7,63)41-31-54-19-21-58(41,66-9)48-56(54)23-25-61(32-35-11-12-35)42(54)29-37-15-17-39(46(70-48)44(37)56)68-27-28-69-40-18-16-38-30-43-55-20-22-59(67-10,60(65,34-55)53(8,64)51(4,5)6)49-57(55,45(38)47(40)71-49)24-26-62(43)33-36-13-14-36/h15-18,35-36,41-43,48-49,63-65H,11-14,19-34H2,1-10H3/t41-,42-,43-,48-,49-,52+,53-,54-,55-,56+,57+,58+,59-,60+/m1/s1. The Morgan fingerprint density at radius 3 is 1.66 bits per heavy atom. The Morgan fingerprint density at radius 1 is 0.634 bits per heavy atom. The highest BCUT2D eigenvalue weighted by Gasteiger charge is 2.87. The number of hydrogen-bond acceptors (Lipinski definition) is 11. The van der Waals surface area contributed by atoms with E-state index in [0.717, 1.165) is 100 Å². The summed E-state index contributed by atoms with van der Waals surface area (Å²) in [5.41, 5.74) is -2.38. The van der Waals surface area contributed by atoms with Crippen molar-refractivity contribution in [2.45, 2.75) is 208 Å². The van der Waals surface area contributed by atoms with Crippen molar-refractivity contribution in [3.05, 3.63) is 46.5 Å². The van der Waals surface area contributed by atoms with Gasteiger partial charge in [-0.2, -0.15) is 0 Å². The zero-order chi connectivity index (χ0) is 49.5. The molecule has 11 nitrogen and oxygen atoms in total. The number of aliphatic hydroxyl groups is 3. The predicted octanol–water partition coefficient (Wildman–Crippen LogP) is 8.30. The summed E-state index contributed by atoms with van der Waals surface area (Å²) in [7, 11) is 3.61. The molecule has 16 rings (SSSR count). The SMILES string of the molecule is CO[C@@]12CC[C@@]3(C[C@@H]1[C@](C)(O)C(C)(C)C)[C@H]1Cc4ccc(OCCOc5ccc6c7c5O[C@@H]5[C@]78CCN(CC7CC7)[C@H](C6)[C@]86CC[C@]5(OC)[C@@](O)([C@](C)(O)C(C)(C)C)C6)c5c4[C@@]3(CCN1CC1CC1)[C@H]2O5. The Morgan fingerprint density at radius 2 is 1.15 bits per heavy atom. The molecule has 2 aromatic carbocycles. The number of likely N-dealkylation sites (tertiary alicyclic amines) is 2. The number of methoxy groups -OCH3 is 2. The summed E-state index contributed by atoms with van der Waals surface area (Å²) in [6.07, 6.45) is 13.3. The fourth-order valence-corrected chi connectivity index (χ4v) is 19.8. The minimum Gasteiger partial charge on any atom is -0.486 e. The highest BCUT2D eigenvalue weighted by molar-refractivity contribution is 5.66. The Balaban J connectivity index is 0.795. The summed E-state index contributed by atoms with van der Waals surface area (Å²) < 4.78 is 42.4. The van der Waals surface area contributed by atoms with Gasteiger partial charge in [-0.25, -0.2) is 0 Å². The van der Waals surface area contributed by atoms with Gasteiger partial charge in [-0.15, -0.1) is 0 Å². The first-order chi connectivity index (χ1) is 33.6. The van der Waals surface area contributed by atoms with Crippen LogP contribution in [0.3, 0.4) is 0 Å². The van der Waals surface area contributed by atoms with Crippen LogP contribution in [0.25, 0.3) is 0 Å². The molecule has 2 saturated heterocycles. The zero-order valence-electron chi connectivity index (χ0n) is 44.7. The monoisotopic (exact) mass is 977 g/mol. The first kappa shape index (κ1) is 46.9. The zero-order valence-corrected chi connectivity index (χ0v) is 44.7. The molecule has 388 valence electrons. The molecule has 11 heteroatoms. The van der Waals surface area contributed by atoms with Crippen molar-refractivity contribution < 1.29 is 43.7 Å². The van der Waals surface area contributed by atoms with E-state index in [9.17, 15) is 15.3 Å². The second-order valence-electron chi connectivity index (χ2n) is 28.4. The van der Waals surface area contributed by atoms with Crippen molar-refractivity contribution in [2.24, 2.45) is 39.4 Å². The van der Waals surface area contributed by atoms with Gasteiger partial charge in [0, 0.05) is 78.1 Å². The van der Waals surface area contributed by atoms with Crippen molar-refractivity contribution in [3.8, 4) is 23.0 Å². The van der Waals surface area contributed by atoms with Crippen molar-refractivity contribution in [3.63, 3.8) is 0 Å². The van der Waals surface area contributed by atoms with Gasteiger partial charge in [0.05, 0.1) is 11.2 Å². The van der Waals surface area contributed by atoms with Crippen LogP contribution in [0.1, 0.15) is 155 Å². The average molecular weight is 977 g/mol. The van der Waals surface area contributed by atoms with E-state index in [1.807, 2.05) is 34.8 Å². The molecule has 14 aliphatic rings. The number of nitrogens with zero attached hydrogens (tertiary/aromatic N) is 2. The minimum absolute atomic E-state index is 0.0394. The third-order valence-electron chi connectivity index (χ3n) is 24.4. The predicted molar refractivity (Wildman–Crippen MR) is 270 cm³/mol. The first-order valence-corrected chi connectivity index (χ1v) is 28.2.